The Kier molecular flexibility index (Phi) is 5.61. The number of nitrogens with one attached hydrogen (secondary N) is 3. The number of amides is 1. The number of hydrogen-bond donors (Lipinski definition) is 4. The lowest BCUT2D eigenvalue weighted by Crippen LogP contribution is -2.33. The first-order valence-electron chi connectivity index (χ1n) is 11.0. The highest BCUT2D eigenvalue weighted by atomic mass is 16.4. The van der Waals surface area contributed by atoms with Crippen LogP contribution in [-0.4, -0.2) is 42.8 Å². The van der Waals surface area contributed by atoms with Gasteiger partial charge in [0, 0.05) is 13.1 Å². The van der Waals surface area contributed by atoms with E-state index in [9.17, 15) is 9.90 Å². The van der Waals surface area contributed by atoms with Gasteiger partial charge in [-0.2, -0.15) is 4.98 Å². The molecule has 35 heavy (non-hydrogen) atoms. The summed E-state index contributed by atoms with van der Waals surface area (Å²) in [7, 11) is 0. The second-order valence-corrected chi connectivity index (χ2v) is 8.67. The molecular weight excluding hydrogens is 448 g/mol. The number of aryl methyl sites for hydroxylation is 1. The van der Waals surface area contributed by atoms with Gasteiger partial charge in [0.2, 0.25) is 11.8 Å². The van der Waals surface area contributed by atoms with Crippen molar-refractivity contribution in [2.75, 3.05) is 17.2 Å². The summed E-state index contributed by atoms with van der Waals surface area (Å²) in [4.78, 5) is 25.8. The Balaban J connectivity index is 1.50. The molecular formula is C24H24N8O3. The molecule has 0 fully saturated rings. The van der Waals surface area contributed by atoms with Gasteiger partial charge in [0.1, 0.15) is 11.6 Å². The smallest absolute Gasteiger partial charge is 0.253 e. The van der Waals surface area contributed by atoms with Crippen LogP contribution in [0.4, 0.5) is 17.6 Å². The van der Waals surface area contributed by atoms with E-state index in [4.69, 9.17) is 4.42 Å². The number of hydrogen-bond acceptors (Lipinski definition) is 10. The number of aromatic nitrogens is 5. The molecule has 0 saturated heterocycles. The second-order valence-electron chi connectivity index (χ2n) is 8.67. The van der Waals surface area contributed by atoms with Crippen molar-refractivity contribution in [2.45, 2.75) is 32.4 Å². The Morgan fingerprint density at radius 1 is 1.09 bits per heavy atom. The van der Waals surface area contributed by atoms with Gasteiger partial charge in [0.15, 0.2) is 0 Å². The van der Waals surface area contributed by atoms with E-state index in [1.165, 1.54) is 0 Å². The Morgan fingerprint density at radius 3 is 2.60 bits per heavy atom. The summed E-state index contributed by atoms with van der Waals surface area (Å²) in [6.45, 7) is 5.32. The number of aliphatic hydroxyl groups excluding tert-OH is 1. The highest BCUT2D eigenvalue weighted by molar-refractivity contribution is 5.99. The van der Waals surface area contributed by atoms with Crippen LogP contribution in [0.1, 0.15) is 47.4 Å². The SMILES string of the molecule is Cc1nnc(-c2cnc(Nc3ccc4c(n3)C(C)(C)NC4=O)nc2N[C@H](CO)c2ccccc2)o1. The maximum Gasteiger partial charge on any atom is 0.253 e. The lowest BCUT2D eigenvalue weighted by atomic mass is 10.0. The number of pyridine rings is 1. The molecule has 1 aromatic carbocycles. The van der Waals surface area contributed by atoms with Crippen LogP contribution in [0.15, 0.2) is 53.1 Å². The quantitative estimate of drug-likeness (QED) is 0.316. The van der Waals surface area contributed by atoms with Crippen molar-refractivity contribution >= 4 is 23.5 Å². The van der Waals surface area contributed by atoms with Crippen LogP contribution in [0, 0.1) is 6.92 Å². The molecule has 11 heteroatoms. The maximum atomic E-state index is 12.2. The van der Waals surface area contributed by atoms with E-state index in [-0.39, 0.29) is 24.4 Å². The third-order valence-corrected chi connectivity index (χ3v) is 5.64. The summed E-state index contributed by atoms with van der Waals surface area (Å²) >= 11 is 0. The van der Waals surface area contributed by atoms with Crippen LogP contribution in [0.2, 0.25) is 0 Å². The molecule has 0 unspecified atom stereocenters. The fourth-order valence-electron chi connectivity index (χ4n) is 3.91. The van der Waals surface area contributed by atoms with E-state index in [1.807, 2.05) is 44.2 Å². The Labute approximate surface area is 201 Å². The molecule has 0 saturated carbocycles. The fraction of sp³-hybridized carbons (Fsp3) is 0.250. The summed E-state index contributed by atoms with van der Waals surface area (Å²) in [5.41, 5.74) is 1.98. The van der Waals surface area contributed by atoms with Crippen LogP contribution in [0.3, 0.4) is 0 Å². The number of fused-ring (bicyclic) bond motifs is 1. The molecule has 4 N–H and O–H groups in total. The first-order valence-corrected chi connectivity index (χ1v) is 11.0. The molecule has 0 bridgehead atoms. The van der Waals surface area contributed by atoms with Crippen LogP contribution >= 0.6 is 0 Å². The monoisotopic (exact) mass is 472 g/mol. The van der Waals surface area contributed by atoms with Gasteiger partial charge < -0.3 is 25.5 Å². The predicted octanol–water partition coefficient (Wildman–Crippen LogP) is 3.10. The van der Waals surface area contributed by atoms with Crippen molar-refractivity contribution in [1.29, 1.82) is 0 Å². The molecule has 1 aliphatic heterocycles. The Hall–Kier alpha value is -4.38. The summed E-state index contributed by atoms with van der Waals surface area (Å²) in [6.07, 6.45) is 1.56. The lowest BCUT2D eigenvalue weighted by molar-refractivity contribution is 0.0940. The molecule has 0 radical (unpaired) electrons. The zero-order chi connectivity index (χ0) is 24.6. The number of anilines is 3. The topological polar surface area (TPSA) is 151 Å². The summed E-state index contributed by atoms with van der Waals surface area (Å²) in [5.74, 6) is 1.66. The largest absolute Gasteiger partial charge is 0.421 e. The van der Waals surface area contributed by atoms with Gasteiger partial charge in [-0.25, -0.2) is 9.97 Å². The van der Waals surface area contributed by atoms with Crippen LogP contribution in [0.5, 0.6) is 0 Å². The second kappa shape index (κ2) is 8.76. The standard InChI is InChI=1S/C24H24N8O3/c1-13-31-32-22(35-13)16-11-25-23(29-20(16)26-17(12-33)14-7-5-4-6-8-14)28-18-10-9-15-19(27-18)24(2,3)30-21(15)34/h4-11,17,33H,12H2,1-3H3,(H,30,34)(H2,25,26,27,28,29)/t17-/m1/s1. The van der Waals surface area contributed by atoms with Crippen molar-refractivity contribution in [3.63, 3.8) is 0 Å². The number of carbonyl (C=O) groups excluding carboxylic acids is 1. The van der Waals surface area contributed by atoms with Gasteiger partial charge in [-0.1, -0.05) is 30.3 Å². The van der Waals surface area contributed by atoms with Gasteiger partial charge in [0.05, 0.1) is 35.0 Å². The van der Waals surface area contributed by atoms with E-state index in [2.05, 4.69) is 41.1 Å². The minimum Gasteiger partial charge on any atom is -0.421 e. The third-order valence-electron chi connectivity index (χ3n) is 5.64. The summed E-state index contributed by atoms with van der Waals surface area (Å²) in [6, 6.07) is 12.5. The molecule has 1 aliphatic rings. The van der Waals surface area contributed by atoms with E-state index >= 15 is 0 Å². The first kappa shape index (κ1) is 22.4. The normalized spacial score (nSPS) is 14.8. The Bertz CT molecular complexity index is 1390. The molecule has 11 nitrogen and oxygen atoms in total. The van der Waals surface area contributed by atoms with Gasteiger partial charge in [0.25, 0.3) is 11.8 Å². The average Bonchev–Trinajstić information content (AvgIpc) is 3.37. The number of carbonyl (C=O) groups is 1. The van der Waals surface area contributed by atoms with E-state index in [1.54, 1.807) is 25.3 Å². The molecule has 5 rings (SSSR count). The zero-order valence-corrected chi connectivity index (χ0v) is 19.4. The lowest BCUT2D eigenvalue weighted by Gasteiger charge is -2.20. The van der Waals surface area contributed by atoms with Crippen molar-refractivity contribution in [2.24, 2.45) is 0 Å². The van der Waals surface area contributed by atoms with Gasteiger partial charge >= 0.3 is 0 Å². The third kappa shape index (κ3) is 4.41. The van der Waals surface area contributed by atoms with E-state index < -0.39 is 11.6 Å². The molecule has 4 heterocycles. The highest BCUT2D eigenvalue weighted by Gasteiger charge is 2.36. The van der Waals surface area contributed by atoms with Gasteiger partial charge in [-0.05, 0) is 31.5 Å². The Morgan fingerprint density at radius 2 is 1.89 bits per heavy atom. The van der Waals surface area contributed by atoms with E-state index in [0.717, 1.165) is 5.56 Å². The molecule has 178 valence electrons. The number of aliphatic hydroxyl groups is 1. The van der Waals surface area contributed by atoms with Crippen molar-refractivity contribution in [1.82, 2.24) is 30.5 Å². The molecule has 4 aromatic rings. The average molecular weight is 473 g/mol. The van der Waals surface area contributed by atoms with Gasteiger partial charge in [-0.3, -0.25) is 4.79 Å². The summed E-state index contributed by atoms with van der Waals surface area (Å²) < 4.78 is 5.60. The molecule has 1 amide bonds. The fourth-order valence-corrected chi connectivity index (χ4v) is 3.91. The molecule has 0 aliphatic carbocycles. The number of nitrogens with zero attached hydrogens (tertiary/aromatic N) is 5. The highest BCUT2D eigenvalue weighted by Crippen LogP contribution is 2.32. The maximum absolute atomic E-state index is 12.2. The van der Waals surface area contributed by atoms with Crippen LogP contribution < -0.4 is 16.0 Å². The van der Waals surface area contributed by atoms with Crippen LogP contribution in [-0.2, 0) is 5.54 Å². The molecule has 1 atom stereocenters. The number of benzene rings is 1. The van der Waals surface area contributed by atoms with E-state index in [0.29, 0.717) is 34.3 Å². The van der Waals surface area contributed by atoms with Crippen molar-refractivity contribution < 1.29 is 14.3 Å². The minimum absolute atomic E-state index is 0.151. The molecule has 3 aromatic heterocycles. The predicted molar refractivity (Wildman–Crippen MR) is 128 cm³/mol. The van der Waals surface area contributed by atoms with Gasteiger partial charge in [-0.15, -0.1) is 10.2 Å². The summed E-state index contributed by atoms with van der Waals surface area (Å²) in [5, 5.41) is 27.3. The number of rotatable bonds is 7. The first-order chi connectivity index (χ1) is 16.8. The van der Waals surface area contributed by atoms with Crippen LogP contribution in [0.25, 0.3) is 11.5 Å². The zero-order valence-electron chi connectivity index (χ0n) is 19.4. The minimum atomic E-state index is -0.582. The van der Waals surface area contributed by atoms with Crippen molar-refractivity contribution in [3.8, 4) is 11.5 Å². The van der Waals surface area contributed by atoms with Crippen molar-refractivity contribution in [3.05, 3.63) is 71.4 Å². The molecule has 0 spiro atoms.